The second-order valence-corrected chi connectivity index (χ2v) is 9.50. The number of aryl methyl sites for hydroxylation is 2. The maximum absolute atomic E-state index is 13.7. The summed E-state index contributed by atoms with van der Waals surface area (Å²) in [7, 11) is 0. The number of nitrogens with one attached hydrogen (secondary N) is 1. The standard InChI is InChI=1S/C28H25N3O2S/c1-4-24(26(32)30-22-12-17(2)11-18(3)13-22)31-16-29-27-25(28(31)33)23(15-34-27)21-10-9-19-7-5-6-8-20(19)14-21/h5-16,24H,4H2,1-3H3,(H,30,32). The molecule has 0 saturated carbocycles. The molecule has 5 rings (SSSR count). The van der Waals surface area contributed by atoms with E-state index in [1.165, 1.54) is 22.2 Å². The van der Waals surface area contributed by atoms with Crippen LogP contribution in [-0.2, 0) is 4.79 Å². The molecule has 1 amide bonds. The molecule has 0 saturated heterocycles. The quantitative estimate of drug-likeness (QED) is 0.321. The predicted molar refractivity (Wildman–Crippen MR) is 141 cm³/mol. The Morgan fingerprint density at radius 2 is 1.76 bits per heavy atom. The summed E-state index contributed by atoms with van der Waals surface area (Å²) in [5, 5.41) is 7.78. The third kappa shape index (κ3) is 4.01. The highest BCUT2D eigenvalue weighted by atomic mass is 32.1. The van der Waals surface area contributed by atoms with E-state index < -0.39 is 6.04 Å². The Labute approximate surface area is 201 Å². The Balaban J connectivity index is 1.56. The van der Waals surface area contributed by atoms with Gasteiger partial charge in [-0.05, 0) is 65.9 Å². The van der Waals surface area contributed by atoms with Gasteiger partial charge in [0.25, 0.3) is 5.56 Å². The summed E-state index contributed by atoms with van der Waals surface area (Å²) in [6, 6.07) is 19.6. The largest absolute Gasteiger partial charge is 0.324 e. The van der Waals surface area contributed by atoms with Gasteiger partial charge in [-0.3, -0.25) is 14.2 Å². The number of amides is 1. The Morgan fingerprint density at radius 1 is 1.03 bits per heavy atom. The molecule has 1 N–H and O–H groups in total. The molecule has 0 aliphatic rings. The molecule has 6 heteroatoms. The van der Waals surface area contributed by atoms with Gasteiger partial charge < -0.3 is 5.32 Å². The normalized spacial score (nSPS) is 12.2. The molecule has 2 aromatic heterocycles. The van der Waals surface area contributed by atoms with Crippen LogP contribution in [0, 0.1) is 13.8 Å². The van der Waals surface area contributed by atoms with Crippen LogP contribution in [0.5, 0.6) is 0 Å². The zero-order chi connectivity index (χ0) is 23.8. The number of hydrogen-bond donors (Lipinski definition) is 1. The molecule has 0 fully saturated rings. The van der Waals surface area contributed by atoms with Crippen LogP contribution in [0.15, 0.2) is 77.2 Å². The van der Waals surface area contributed by atoms with E-state index in [9.17, 15) is 9.59 Å². The minimum Gasteiger partial charge on any atom is -0.324 e. The molecule has 34 heavy (non-hydrogen) atoms. The zero-order valence-electron chi connectivity index (χ0n) is 19.3. The van der Waals surface area contributed by atoms with Crippen LogP contribution in [0.25, 0.3) is 32.1 Å². The van der Waals surface area contributed by atoms with Gasteiger partial charge in [-0.2, -0.15) is 0 Å². The predicted octanol–water partition coefficient (Wildman–Crippen LogP) is 6.48. The van der Waals surface area contributed by atoms with Crippen LogP contribution in [0.4, 0.5) is 5.69 Å². The second-order valence-electron chi connectivity index (χ2n) is 8.64. The molecular formula is C28H25N3O2S. The van der Waals surface area contributed by atoms with E-state index in [1.807, 2.05) is 56.5 Å². The monoisotopic (exact) mass is 467 g/mol. The number of benzene rings is 3. The number of carbonyl (C=O) groups is 1. The lowest BCUT2D eigenvalue weighted by Crippen LogP contribution is -2.33. The van der Waals surface area contributed by atoms with E-state index in [2.05, 4.69) is 40.6 Å². The maximum atomic E-state index is 13.7. The van der Waals surface area contributed by atoms with Crippen LogP contribution in [0.1, 0.15) is 30.5 Å². The lowest BCUT2D eigenvalue weighted by atomic mass is 10.0. The zero-order valence-corrected chi connectivity index (χ0v) is 20.1. The molecule has 0 spiro atoms. The first kappa shape index (κ1) is 22.0. The second kappa shape index (κ2) is 8.88. The first-order valence-corrected chi connectivity index (χ1v) is 12.2. The molecule has 5 aromatic rings. The number of nitrogens with zero attached hydrogens (tertiary/aromatic N) is 2. The van der Waals surface area contributed by atoms with Crippen LogP contribution in [0.2, 0.25) is 0 Å². The van der Waals surface area contributed by atoms with Gasteiger partial charge in [0.15, 0.2) is 0 Å². The molecule has 0 bridgehead atoms. The van der Waals surface area contributed by atoms with Crippen molar-refractivity contribution in [3.63, 3.8) is 0 Å². The Bertz CT molecular complexity index is 1580. The first-order chi connectivity index (χ1) is 16.4. The van der Waals surface area contributed by atoms with Gasteiger partial charge in [0.1, 0.15) is 10.9 Å². The molecule has 0 radical (unpaired) electrons. The Morgan fingerprint density at radius 3 is 2.50 bits per heavy atom. The highest BCUT2D eigenvalue weighted by Crippen LogP contribution is 2.33. The number of thiophene rings is 1. The van der Waals surface area contributed by atoms with Crippen molar-refractivity contribution in [1.29, 1.82) is 0 Å². The molecule has 0 aliphatic carbocycles. The van der Waals surface area contributed by atoms with Gasteiger partial charge in [-0.25, -0.2) is 4.98 Å². The summed E-state index contributed by atoms with van der Waals surface area (Å²) in [4.78, 5) is 32.1. The van der Waals surface area contributed by atoms with Gasteiger partial charge in [-0.1, -0.05) is 49.4 Å². The summed E-state index contributed by atoms with van der Waals surface area (Å²) >= 11 is 1.45. The smallest absolute Gasteiger partial charge is 0.263 e. The van der Waals surface area contributed by atoms with Crippen molar-refractivity contribution in [2.75, 3.05) is 5.32 Å². The highest BCUT2D eigenvalue weighted by Gasteiger charge is 2.23. The minimum absolute atomic E-state index is 0.197. The topological polar surface area (TPSA) is 64.0 Å². The number of carbonyl (C=O) groups excluding carboxylic acids is 1. The van der Waals surface area contributed by atoms with Gasteiger partial charge in [0, 0.05) is 16.6 Å². The number of rotatable bonds is 5. The summed E-state index contributed by atoms with van der Waals surface area (Å²) in [6.07, 6.45) is 1.97. The summed E-state index contributed by atoms with van der Waals surface area (Å²) in [6.45, 7) is 5.89. The lowest BCUT2D eigenvalue weighted by molar-refractivity contribution is -0.119. The molecule has 170 valence electrons. The average molecular weight is 468 g/mol. The minimum atomic E-state index is -0.658. The molecule has 1 unspecified atom stereocenters. The van der Waals surface area contributed by atoms with Crippen molar-refractivity contribution < 1.29 is 4.79 Å². The van der Waals surface area contributed by atoms with Crippen molar-refractivity contribution in [3.8, 4) is 11.1 Å². The summed E-state index contributed by atoms with van der Waals surface area (Å²) < 4.78 is 1.47. The third-order valence-electron chi connectivity index (χ3n) is 6.09. The van der Waals surface area contributed by atoms with E-state index in [0.717, 1.165) is 38.7 Å². The number of aromatic nitrogens is 2. The van der Waals surface area contributed by atoms with E-state index in [0.29, 0.717) is 16.6 Å². The number of hydrogen-bond acceptors (Lipinski definition) is 4. The summed E-state index contributed by atoms with van der Waals surface area (Å²) in [5.41, 5.74) is 4.49. The summed E-state index contributed by atoms with van der Waals surface area (Å²) in [5.74, 6) is -0.224. The van der Waals surface area contributed by atoms with Crippen LogP contribution >= 0.6 is 11.3 Å². The Hall–Kier alpha value is -3.77. The van der Waals surface area contributed by atoms with E-state index in [4.69, 9.17) is 0 Å². The van der Waals surface area contributed by atoms with Crippen LogP contribution < -0.4 is 10.9 Å². The van der Waals surface area contributed by atoms with Crippen molar-refractivity contribution in [2.45, 2.75) is 33.2 Å². The van der Waals surface area contributed by atoms with Crippen molar-refractivity contribution in [1.82, 2.24) is 9.55 Å². The first-order valence-electron chi connectivity index (χ1n) is 11.3. The fourth-order valence-corrected chi connectivity index (χ4v) is 5.42. The average Bonchev–Trinajstić information content (AvgIpc) is 3.25. The van der Waals surface area contributed by atoms with Crippen molar-refractivity contribution >= 4 is 43.9 Å². The SMILES string of the molecule is CCC(C(=O)Nc1cc(C)cc(C)c1)n1cnc2scc(-c3ccc4ccccc4c3)c2c1=O. The third-order valence-corrected chi connectivity index (χ3v) is 6.98. The molecule has 1 atom stereocenters. The molecule has 3 aromatic carbocycles. The maximum Gasteiger partial charge on any atom is 0.263 e. The van der Waals surface area contributed by atoms with Gasteiger partial charge in [-0.15, -0.1) is 11.3 Å². The van der Waals surface area contributed by atoms with E-state index in [1.54, 1.807) is 0 Å². The van der Waals surface area contributed by atoms with E-state index >= 15 is 0 Å². The fraction of sp³-hybridized carbons (Fsp3) is 0.179. The number of anilines is 1. The lowest BCUT2D eigenvalue weighted by Gasteiger charge is -2.18. The van der Waals surface area contributed by atoms with E-state index in [-0.39, 0.29) is 11.5 Å². The van der Waals surface area contributed by atoms with Gasteiger partial charge in [0.2, 0.25) is 5.91 Å². The van der Waals surface area contributed by atoms with Crippen molar-refractivity contribution in [2.24, 2.45) is 0 Å². The van der Waals surface area contributed by atoms with Crippen LogP contribution in [0.3, 0.4) is 0 Å². The molecule has 0 aliphatic heterocycles. The Kier molecular flexibility index (Phi) is 5.75. The van der Waals surface area contributed by atoms with Crippen molar-refractivity contribution in [3.05, 3.63) is 93.9 Å². The number of fused-ring (bicyclic) bond motifs is 2. The highest BCUT2D eigenvalue weighted by molar-refractivity contribution is 7.17. The molecular weight excluding hydrogens is 442 g/mol. The molecule has 5 nitrogen and oxygen atoms in total. The van der Waals surface area contributed by atoms with Gasteiger partial charge >= 0.3 is 0 Å². The fourth-order valence-electron chi connectivity index (χ4n) is 4.52. The molecule has 2 heterocycles. The van der Waals surface area contributed by atoms with Crippen LogP contribution in [-0.4, -0.2) is 15.5 Å². The van der Waals surface area contributed by atoms with Gasteiger partial charge in [0.05, 0.1) is 11.7 Å².